The van der Waals surface area contributed by atoms with Gasteiger partial charge in [-0.2, -0.15) is 0 Å². The van der Waals surface area contributed by atoms with E-state index in [1.807, 2.05) is 6.92 Å². The van der Waals surface area contributed by atoms with Crippen LogP contribution >= 0.6 is 0 Å². The lowest BCUT2D eigenvalue weighted by Gasteiger charge is -2.34. The summed E-state index contributed by atoms with van der Waals surface area (Å²) >= 11 is 0. The minimum Gasteiger partial charge on any atom is -0.382 e. The molecular weight excluding hydrogens is 220 g/mol. The minimum absolute atomic E-state index is 0.0916. The van der Waals surface area contributed by atoms with Gasteiger partial charge in [-0.05, 0) is 13.3 Å². The van der Waals surface area contributed by atoms with Crippen molar-refractivity contribution >= 4 is 5.96 Å². The third-order valence-electron chi connectivity index (χ3n) is 2.77. The molecule has 0 aliphatic carbocycles. The largest absolute Gasteiger partial charge is 0.382 e. The van der Waals surface area contributed by atoms with Crippen LogP contribution in [0, 0.1) is 0 Å². The Kier molecular flexibility index (Phi) is 6.25. The first kappa shape index (κ1) is 14.2. The van der Waals surface area contributed by atoms with E-state index in [1.54, 1.807) is 7.11 Å². The molecule has 6 nitrogen and oxygen atoms in total. The zero-order chi connectivity index (χ0) is 12.7. The van der Waals surface area contributed by atoms with Crippen molar-refractivity contribution in [2.24, 2.45) is 10.8 Å². The molecule has 1 fully saturated rings. The highest BCUT2D eigenvalue weighted by molar-refractivity contribution is 5.79. The van der Waals surface area contributed by atoms with Crippen LogP contribution < -0.4 is 11.3 Å². The molecule has 3 N–H and O–H groups in total. The number of methoxy groups -OCH3 is 1. The summed E-state index contributed by atoms with van der Waals surface area (Å²) in [5, 5.41) is 0. The van der Waals surface area contributed by atoms with Crippen LogP contribution in [0.2, 0.25) is 0 Å². The van der Waals surface area contributed by atoms with Crippen molar-refractivity contribution in [3.8, 4) is 0 Å². The Hall–Kier alpha value is -0.850. The molecule has 2 atom stereocenters. The average Bonchev–Trinajstić information content (AvgIpc) is 2.36. The smallest absolute Gasteiger partial charge is 0.208 e. The van der Waals surface area contributed by atoms with Crippen molar-refractivity contribution in [2.75, 3.05) is 33.4 Å². The quantitative estimate of drug-likeness (QED) is 0.314. The predicted molar refractivity (Wildman–Crippen MR) is 67.7 cm³/mol. The Labute approximate surface area is 103 Å². The van der Waals surface area contributed by atoms with Gasteiger partial charge in [0.2, 0.25) is 5.96 Å². The van der Waals surface area contributed by atoms with E-state index in [9.17, 15) is 0 Å². The molecule has 17 heavy (non-hydrogen) atoms. The summed E-state index contributed by atoms with van der Waals surface area (Å²) in [7, 11) is 1.67. The van der Waals surface area contributed by atoms with Gasteiger partial charge in [-0.15, -0.1) is 0 Å². The molecule has 2 unspecified atom stereocenters. The van der Waals surface area contributed by atoms with Gasteiger partial charge in [0, 0.05) is 20.2 Å². The van der Waals surface area contributed by atoms with Crippen LogP contribution in [0.3, 0.4) is 0 Å². The second-order valence-corrected chi connectivity index (χ2v) is 4.25. The molecule has 1 aliphatic heterocycles. The molecule has 1 saturated heterocycles. The Morgan fingerprint density at radius 3 is 3.06 bits per heavy atom. The maximum atomic E-state index is 5.61. The van der Waals surface area contributed by atoms with Crippen LogP contribution in [0.15, 0.2) is 4.99 Å². The topological polar surface area (TPSA) is 72.1 Å². The van der Waals surface area contributed by atoms with Crippen molar-refractivity contribution in [3.05, 3.63) is 0 Å². The molecule has 1 aliphatic rings. The summed E-state index contributed by atoms with van der Waals surface area (Å²) in [5.41, 5.74) is 2.67. The van der Waals surface area contributed by atoms with E-state index < -0.39 is 0 Å². The number of morpholine rings is 1. The highest BCUT2D eigenvalue weighted by atomic mass is 16.5. The number of ether oxygens (including phenoxy) is 2. The molecule has 0 spiro atoms. The van der Waals surface area contributed by atoms with Gasteiger partial charge in [0.15, 0.2) is 0 Å². The zero-order valence-electron chi connectivity index (χ0n) is 11.0. The average molecular weight is 244 g/mol. The summed E-state index contributed by atoms with van der Waals surface area (Å²) in [6.45, 7) is 7.08. The van der Waals surface area contributed by atoms with Crippen LogP contribution in [-0.4, -0.2) is 56.4 Å². The van der Waals surface area contributed by atoms with E-state index in [2.05, 4.69) is 22.2 Å². The molecule has 100 valence electrons. The minimum atomic E-state index is 0.0916. The number of hydrogen-bond acceptors (Lipinski definition) is 4. The maximum absolute atomic E-state index is 5.61. The fourth-order valence-corrected chi connectivity index (χ4v) is 1.86. The number of hydrazine groups is 1. The summed E-state index contributed by atoms with van der Waals surface area (Å²) < 4.78 is 10.7. The third kappa shape index (κ3) is 4.49. The van der Waals surface area contributed by atoms with E-state index in [0.29, 0.717) is 6.61 Å². The molecule has 1 heterocycles. The summed E-state index contributed by atoms with van der Waals surface area (Å²) in [6.07, 6.45) is 1.27. The van der Waals surface area contributed by atoms with Gasteiger partial charge in [0.05, 0.1) is 25.4 Å². The van der Waals surface area contributed by atoms with E-state index in [1.165, 1.54) is 0 Å². The fourth-order valence-electron chi connectivity index (χ4n) is 1.86. The van der Waals surface area contributed by atoms with Gasteiger partial charge in [-0.1, -0.05) is 6.92 Å². The molecule has 0 amide bonds. The lowest BCUT2D eigenvalue weighted by atomic mass is 10.2. The normalized spacial score (nSPS) is 23.6. The lowest BCUT2D eigenvalue weighted by molar-refractivity contribution is -0.00824. The molecule has 6 heteroatoms. The van der Waals surface area contributed by atoms with Crippen molar-refractivity contribution < 1.29 is 9.47 Å². The second kappa shape index (κ2) is 7.47. The lowest BCUT2D eigenvalue weighted by Crippen LogP contribution is -2.52. The molecule has 0 bridgehead atoms. The Balaban J connectivity index is 2.59. The fraction of sp³-hybridized carbons (Fsp3) is 0.909. The first-order chi connectivity index (χ1) is 8.21. The van der Waals surface area contributed by atoms with Gasteiger partial charge >= 0.3 is 0 Å². The summed E-state index contributed by atoms with van der Waals surface area (Å²) in [5.74, 6) is 6.25. The SMILES string of the molecule is CCC1CN(C(=NC(C)COC)NN)CCO1. The number of nitrogens with one attached hydrogen (secondary N) is 1. The highest BCUT2D eigenvalue weighted by Gasteiger charge is 2.21. The predicted octanol–water partition coefficient (Wildman–Crippen LogP) is -0.0486. The van der Waals surface area contributed by atoms with Crippen LogP contribution in [0.5, 0.6) is 0 Å². The molecule has 0 radical (unpaired) electrons. The maximum Gasteiger partial charge on any atom is 0.208 e. The number of rotatable bonds is 4. The van der Waals surface area contributed by atoms with E-state index in [0.717, 1.165) is 32.1 Å². The first-order valence-corrected chi connectivity index (χ1v) is 6.11. The van der Waals surface area contributed by atoms with Crippen molar-refractivity contribution in [2.45, 2.75) is 32.4 Å². The van der Waals surface area contributed by atoms with Crippen molar-refractivity contribution in [1.29, 1.82) is 0 Å². The highest BCUT2D eigenvalue weighted by Crippen LogP contribution is 2.08. The first-order valence-electron chi connectivity index (χ1n) is 6.11. The van der Waals surface area contributed by atoms with Crippen LogP contribution in [0.25, 0.3) is 0 Å². The molecule has 1 rings (SSSR count). The van der Waals surface area contributed by atoms with Crippen molar-refractivity contribution in [3.63, 3.8) is 0 Å². The van der Waals surface area contributed by atoms with Gasteiger partial charge in [0.1, 0.15) is 0 Å². The molecule has 0 saturated carbocycles. The molecule has 0 aromatic heterocycles. The Bertz CT molecular complexity index is 248. The van der Waals surface area contributed by atoms with E-state index >= 15 is 0 Å². The molecule has 0 aromatic carbocycles. The number of hydrogen-bond donors (Lipinski definition) is 2. The molecular formula is C11H24N4O2. The van der Waals surface area contributed by atoms with Crippen LogP contribution in [-0.2, 0) is 9.47 Å². The molecule has 0 aromatic rings. The van der Waals surface area contributed by atoms with E-state index in [-0.39, 0.29) is 12.1 Å². The Morgan fingerprint density at radius 2 is 2.47 bits per heavy atom. The van der Waals surface area contributed by atoms with Gasteiger partial charge < -0.3 is 14.4 Å². The Morgan fingerprint density at radius 1 is 1.71 bits per heavy atom. The monoisotopic (exact) mass is 244 g/mol. The van der Waals surface area contributed by atoms with Gasteiger partial charge in [0.25, 0.3) is 0 Å². The van der Waals surface area contributed by atoms with Gasteiger partial charge in [-0.3, -0.25) is 5.43 Å². The summed E-state index contributed by atoms with van der Waals surface area (Å²) in [4.78, 5) is 6.63. The number of nitrogens with zero attached hydrogens (tertiary/aromatic N) is 2. The van der Waals surface area contributed by atoms with Crippen LogP contribution in [0.4, 0.5) is 0 Å². The number of aliphatic imine (C=N–C) groups is 1. The third-order valence-corrected chi connectivity index (χ3v) is 2.77. The second-order valence-electron chi connectivity index (χ2n) is 4.25. The van der Waals surface area contributed by atoms with Gasteiger partial charge in [-0.25, -0.2) is 10.8 Å². The standard InChI is InChI=1S/C11H24N4O2/c1-4-10-7-15(5-6-17-10)11(14-12)13-9(2)8-16-3/h9-10H,4-8,12H2,1-3H3,(H,13,14). The van der Waals surface area contributed by atoms with Crippen LogP contribution in [0.1, 0.15) is 20.3 Å². The van der Waals surface area contributed by atoms with E-state index in [4.69, 9.17) is 15.3 Å². The summed E-state index contributed by atoms with van der Waals surface area (Å²) in [6, 6.07) is 0.0916. The van der Waals surface area contributed by atoms with Crippen molar-refractivity contribution in [1.82, 2.24) is 10.3 Å². The number of nitrogens with two attached hydrogens (primary N) is 1. The number of guanidine groups is 1. The zero-order valence-corrected chi connectivity index (χ0v) is 11.0.